The molecule has 2 nitrogen and oxygen atoms in total. The van der Waals surface area contributed by atoms with Crippen LogP contribution in [0.25, 0.3) is 43.8 Å². The van der Waals surface area contributed by atoms with E-state index in [4.69, 9.17) is 4.42 Å². The molecule has 1 aliphatic heterocycles. The molecule has 36 heavy (non-hydrogen) atoms. The molecule has 3 aromatic carbocycles. The van der Waals surface area contributed by atoms with E-state index >= 15 is 0 Å². The molecule has 0 aliphatic carbocycles. The molecule has 0 fully saturated rings. The Morgan fingerprint density at radius 2 is 1.61 bits per heavy atom. The highest BCUT2D eigenvalue weighted by Crippen LogP contribution is 2.53. The quantitative estimate of drug-likeness (QED) is 0.176. The second-order valence-electron chi connectivity index (χ2n) is 13.0. The van der Waals surface area contributed by atoms with E-state index in [0.29, 0.717) is 0 Å². The van der Waals surface area contributed by atoms with E-state index in [9.17, 15) is 0 Å². The maximum absolute atomic E-state index is 6.11. The van der Waals surface area contributed by atoms with Crippen LogP contribution in [0.3, 0.4) is 0 Å². The second kappa shape index (κ2) is 7.86. The molecule has 3 heteroatoms. The Kier molecular flexibility index (Phi) is 5.15. The smallest absolute Gasteiger partial charge is 0.222 e. The molecule has 5 aromatic rings. The normalized spacial score (nSPS) is 13.7. The molecular formula is C33H36NOS+. The van der Waals surface area contributed by atoms with Crippen LogP contribution in [0.5, 0.6) is 0 Å². The molecule has 0 amide bonds. The number of pyridine rings is 1. The summed E-state index contributed by atoms with van der Waals surface area (Å²) in [4.78, 5) is 2.77. The van der Waals surface area contributed by atoms with Crippen molar-refractivity contribution in [3.05, 3.63) is 65.5 Å². The lowest BCUT2D eigenvalue weighted by molar-refractivity contribution is -0.659. The minimum absolute atomic E-state index is 0.172. The maximum atomic E-state index is 6.11. The summed E-state index contributed by atoms with van der Waals surface area (Å²) < 4.78 is 8.42. The average molecular weight is 495 g/mol. The molecule has 0 spiro atoms. The van der Waals surface area contributed by atoms with E-state index in [1.807, 2.05) is 18.0 Å². The zero-order valence-corrected chi connectivity index (χ0v) is 23.6. The van der Waals surface area contributed by atoms with Crippen molar-refractivity contribution in [2.24, 2.45) is 17.9 Å². The largest absolute Gasteiger partial charge is 0.464 e. The number of benzene rings is 3. The van der Waals surface area contributed by atoms with Crippen molar-refractivity contribution >= 4 is 44.3 Å². The van der Waals surface area contributed by atoms with Crippen molar-refractivity contribution in [2.75, 3.05) is 0 Å². The first-order valence-electron chi connectivity index (χ1n) is 13.0. The van der Waals surface area contributed by atoms with Crippen molar-refractivity contribution in [2.45, 2.75) is 71.1 Å². The Morgan fingerprint density at radius 1 is 0.861 bits per heavy atom. The van der Waals surface area contributed by atoms with Crippen LogP contribution >= 0.6 is 11.8 Å². The first-order chi connectivity index (χ1) is 16.9. The zero-order chi connectivity index (χ0) is 25.6. The monoisotopic (exact) mass is 494 g/mol. The van der Waals surface area contributed by atoms with E-state index in [1.54, 1.807) is 0 Å². The van der Waals surface area contributed by atoms with Gasteiger partial charge in [-0.1, -0.05) is 71.5 Å². The van der Waals surface area contributed by atoms with Gasteiger partial charge < -0.3 is 4.42 Å². The van der Waals surface area contributed by atoms with Crippen molar-refractivity contribution in [3.8, 4) is 11.3 Å². The predicted octanol–water partition coefficient (Wildman–Crippen LogP) is 9.18. The first kappa shape index (κ1) is 23.6. The standard InChI is InChI=1S/C33H36NOS/c1-19-27-29-28-22(12-14-34(29)8)21-11-9-10-20(17-32(2,3)4)24(21)16-26(28)36-31(27)25(18-33(5,6)7)23-13-15-35-30(19)23/h9-16H,17-18H2,1-8H3/q+1. The fraction of sp³-hybridized carbons (Fsp3) is 0.364. The molecular weight excluding hydrogens is 458 g/mol. The van der Waals surface area contributed by atoms with Crippen LogP contribution in [0, 0.1) is 17.8 Å². The third-order valence-electron chi connectivity index (χ3n) is 7.42. The minimum atomic E-state index is 0.172. The molecule has 0 saturated carbocycles. The molecule has 0 atom stereocenters. The summed E-state index contributed by atoms with van der Waals surface area (Å²) in [6.07, 6.45) is 6.18. The SMILES string of the molecule is Cc1c2c(c(CC(C)(C)C)c3ccoc13)Sc1cc3c(CC(C)(C)C)cccc3c3cc[n+](C)c-2c13. The zero-order valence-electron chi connectivity index (χ0n) is 22.8. The molecule has 2 aromatic heterocycles. The van der Waals surface area contributed by atoms with E-state index in [-0.39, 0.29) is 10.8 Å². The van der Waals surface area contributed by atoms with Gasteiger partial charge in [0.05, 0.1) is 17.2 Å². The molecule has 184 valence electrons. The van der Waals surface area contributed by atoms with Crippen LogP contribution < -0.4 is 4.57 Å². The molecule has 0 saturated heterocycles. The van der Waals surface area contributed by atoms with Gasteiger partial charge in [0.2, 0.25) is 5.69 Å². The molecule has 0 N–H and O–H groups in total. The molecule has 1 aliphatic rings. The number of aryl methyl sites for hydroxylation is 2. The van der Waals surface area contributed by atoms with Gasteiger partial charge in [-0.05, 0) is 64.6 Å². The van der Waals surface area contributed by atoms with Crippen LogP contribution in [-0.2, 0) is 19.9 Å². The predicted molar refractivity (Wildman–Crippen MR) is 153 cm³/mol. The lowest BCUT2D eigenvalue weighted by Crippen LogP contribution is -2.32. The highest BCUT2D eigenvalue weighted by Gasteiger charge is 2.34. The number of nitrogens with zero attached hydrogens (tertiary/aromatic N) is 1. The van der Waals surface area contributed by atoms with E-state index in [2.05, 4.69) is 103 Å². The highest BCUT2D eigenvalue weighted by molar-refractivity contribution is 8.00. The Hall–Kier alpha value is -2.78. The number of fused-ring (bicyclic) bond motifs is 5. The fourth-order valence-electron chi connectivity index (χ4n) is 6.06. The summed E-state index contributed by atoms with van der Waals surface area (Å²) in [7, 11) is 2.19. The minimum Gasteiger partial charge on any atom is -0.464 e. The van der Waals surface area contributed by atoms with Crippen LogP contribution in [0.1, 0.15) is 58.2 Å². The van der Waals surface area contributed by atoms with Gasteiger partial charge in [-0.15, -0.1) is 0 Å². The topological polar surface area (TPSA) is 17.0 Å². The summed E-state index contributed by atoms with van der Waals surface area (Å²) in [5.74, 6) is 0. The van der Waals surface area contributed by atoms with Gasteiger partial charge in [0.15, 0.2) is 6.20 Å². The van der Waals surface area contributed by atoms with E-state index < -0.39 is 0 Å². The summed E-state index contributed by atoms with van der Waals surface area (Å²) >= 11 is 1.97. The Labute approximate surface area is 218 Å². The molecule has 6 rings (SSSR count). The summed E-state index contributed by atoms with van der Waals surface area (Å²) in [5, 5.41) is 6.73. The highest BCUT2D eigenvalue weighted by atomic mass is 32.2. The van der Waals surface area contributed by atoms with E-state index in [0.717, 1.165) is 18.4 Å². The summed E-state index contributed by atoms with van der Waals surface area (Å²) in [6, 6.07) is 13.8. The van der Waals surface area contributed by atoms with Gasteiger partial charge in [0, 0.05) is 32.2 Å². The van der Waals surface area contributed by atoms with Crippen molar-refractivity contribution in [1.82, 2.24) is 0 Å². The van der Waals surface area contributed by atoms with Crippen LogP contribution in [-0.4, -0.2) is 0 Å². The van der Waals surface area contributed by atoms with Crippen LogP contribution in [0.15, 0.2) is 63.1 Å². The van der Waals surface area contributed by atoms with Crippen LogP contribution in [0.2, 0.25) is 0 Å². The lowest BCUT2D eigenvalue weighted by atomic mass is 9.84. The summed E-state index contributed by atoms with van der Waals surface area (Å²) in [6.45, 7) is 16.2. The average Bonchev–Trinajstić information content (AvgIpc) is 3.27. The van der Waals surface area contributed by atoms with Crippen molar-refractivity contribution in [3.63, 3.8) is 0 Å². The molecule has 0 bridgehead atoms. The summed E-state index contributed by atoms with van der Waals surface area (Å²) in [5.41, 5.74) is 8.19. The van der Waals surface area contributed by atoms with Crippen molar-refractivity contribution in [1.29, 1.82) is 0 Å². The molecule has 0 unspecified atom stereocenters. The number of hydrogen-bond acceptors (Lipinski definition) is 2. The number of hydrogen-bond donors (Lipinski definition) is 0. The molecule has 3 heterocycles. The van der Waals surface area contributed by atoms with Gasteiger partial charge in [-0.2, -0.15) is 0 Å². The Morgan fingerprint density at radius 3 is 2.33 bits per heavy atom. The van der Waals surface area contributed by atoms with Gasteiger partial charge in [-0.25, -0.2) is 4.57 Å². The second-order valence-corrected chi connectivity index (χ2v) is 14.1. The number of rotatable bonds is 2. The Bertz CT molecular complexity index is 1690. The third kappa shape index (κ3) is 3.66. The fourth-order valence-corrected chi connectivity index (χ4v) is 7.42. The third-order valence-corrected chi connectivity index (χ3v) is 8.61. The van der Waals surface area contributed by atoms with Crippen LogP contribution in [0.4, 0.5) is 0 Å². The Balaban J connectivity index is 1.75. The van der Waals surface area contributed by atoms with Gasteiger partial charge in [-0.3, -0.25) is 0 Å². The van der Waals surface area contributed by atoms with Crippen molar-refractivity contribution < 1.29 is 8.98 Å². The van der Waals surface area contributed by atoms with Gasteiger partial charge in [0.25, 0.3) is 0 Å². The maximum Gasteiger partial charge on any atom is 0.222 e. The number of furan rings is 1. The number of aromatic nitrogens is 1. The van der Waals surface area contributed by atoms with E-state index in [1.165, 1.54) is 64.7 Å². The lowest BCUT2D eigenvalue weighted by Gasteiger charge is -2.27. The first-order valence-corrected chi connectivity index (χ1v) is 13.8. The van der Waals surface area contributed by atoms with Gasteiger partial charge in [0.1, 0.15) is 12.6 Å². The molecule has 0 radical (unpaired) electrons. The van der Waals surface area contributed by atoms with Gasteiger partial charge >= 0.3 is 0 Å².